The first-order valence-corrected chi connectivity index (χ1v) is 5.90. The third-order valence-corrected chi connectivity index (χ3v) is 3.04. The van der Waals surface area contributed by atoms with Crippen molar-refractivity contribution in [2.24, 2.45) is 0 Å². The number of carbonyl (C=O) groups excluding carboxylic acids is 1. The molecule has 0 heterocycles. The fourth-order valence-electron chi connectivity index (χ4n) is 1.72. The molecular formula is C13H18N2O2. The Morgan fingerprint density at radius 2 is 2.24 bits per heavy atom. The van der Waals surface area contributed by atoms with Crippen LogP contribution in [0.2, 0.25) is 0 Å². The second-order valence-electron chi connectivity index (χ2n) is 4.57. The van der Waals surface area contributed by atoms with Gasteiger partial charge in [-0.3, -0.25) is 0 Å². The number of rotatable bonds is 3. The highest BCUT2D eigenvalue weighted by molar-refractivity contribution is 5.89. The number of urea groups is 1. The first kappa shape index (κ1) is 11.9. The van der Waals surface area contributed by atoms with E-state index in [4.69, 9.17) is 0 Å². The Morgan fingerprint density at radius 3 is 2.82 bits per heavy atom. The summed E-state index contributed by atoms with van der Waals surface area (Å²) in [6, 6.07) is 7.60. The van der Waals surface area contributed by atoms with Gasteiger partial charge in [-0.05, 0) is 37.5 Å². The Kier molecular flexibility index (Phi) is 3.33. The van der Waals surface area contributed by atoms with Gasteiger partial charge in [0, 0.05) is 18.8 Å². The summed E-state index contributed by atoms with van der Waals surface area (Å²) in [5.74, 6) is 0. The molecule has 1 aromatic rings. The van der Waals surface area contributed by atoms with Crippen molar-refractivity contribution < 1.29 is 9.90 Å². The second-order valence-corrected chi connectivity index (χ2v) is 4.57. The van der Waals surface area contributed by atoms with Crippen LogP contribution in [0.5, 0.6) is 0 Å². The first-order chi connectivity index (χ1) is 8.08. The van der Waals surface area contributed by atoms with Crippen LogP contribution in [-0.2, 0) is 0 Å². The molecule has 17 heavy (non-hydrogen) atoms. The van der Waals surface area contributed by atoms with Crippen molar-refractivity contribution in [3.05, 3.63) is 29.8 Å². The molecule has 2 rings (SSSR count). The van der Waals surface area contributed by atoms with Gasteiger partial charge in [0.05, 0.1) is 6.10 Å². The highest BCUT2D eigenvalue weighted by Gasteiger charge is 2.29. The molecular weight excluding hydrogens is 216 g/mol. The van der Waals surface area contributed by atoms with Crippen LogP contribution in [-0.4, -0.2) is 29.1 Å². The van der Waals surface area contributed by atoms with Gasteiger partial charge in [0.2, 0.25) is 0 Å². The van der Waals surface area contributed by atoms with Crippen molar-refractivity contribution in [3.63, 3.8) is 0 Å². The molecule has 1 atom stereocenters. The highest BCUT2D eigenvalue weighted by Crippen LogP contribution is 2.26. The van der Waals surface area contributed by atoms with Crippen LogP contribution in [0.3, 0.4) is 0 Å². The Bertz CT molecular complexity index is 414. The third kappa shape index (κ3) is 2.97. The van der Waals surface area contributed by atoms with E-state index in [0.717, 1.165) is 24.1 Å². The van der Waals surface area contributed by atoms with Crippen LogP contribution < -0.4 is 5.32 Å². The molecule has 1 unspecified atom stereocenters. The molecule has 92 valence electrons. The van der Waals surface area contributed by atoms with E-state index in [9.17, 15) is 9.90 Å². The zero-order valence-electron chi connectivity index (χ0n) is 10.2. The molecule has 0 spiro atoms. The highest BCUT2D eigenvalue weighted by atomic mass is 16.3. The molecule has 1 aromatic carbocycles. The number of benzene rings is 1. The van der Waals surface area contributed by atoms with E-state index in [2.05, 4.69) is 5.32 Å². The fraction of sp³-hybridized carbons (Fsp3) is 0.462. The summed E-state index contributed by atoms with van der Waals surface area (Å²) in [4.78, 5) is 13.6. The minimum Gasteiger partial charge on any atom is -0.389 e. The molecule has 0 aromatic heterocycles. The molecule has 4 heteroatoms. The maximum Gasteiger partial charge on any atom is 0.321 e. The number of hydrogen-bond donors (Lipinski definition) is 2. The molecule has 2 amide bonds. The maximum absolute atomic E-state index is 11.8. The van der Waals surface area contributed by atoms with Crippen LogP contribution in [0.25, 0.3) is 0 Å². The number of nitrogens with one attached hydrogen (secondary N) is 1. The summed E-state index contributed by atoms with van der Waals surface area (Å²) < 4.78 is 0. The fourth-order valence-corrected chi connectivity index (χ4v) is 1.72. The average molecular weight is 234 g/mol. The van der Waals surface area contributed by atoms with Crippen LogP contribution >= 0.6 is 0 Å². The van der Waals surface area contributed by atoms with Crippen molar-refractivity contribution in [2.45, 2.75) is 31.9 Å². The first-order valence-electron chi connectivity index (χ1n) is 5.90. The van der Waals surface area contributed by atoms with E-state index in [1.165, 1.54) is 0 Å². The lowest BCUT2D eigenvalue weighted by atomic mass is 10.1. The largest absolute Gasteiger partial charge is 0.389 e. The number of hydrogen-bond acceptors (Lipinski definition) is 2. The number of nitrogens with zero attached hydrogens (tertiary/aromatic N) is 1. The van der Waals surface area contributed by atoms with E-state index in [1.54, 1.807) is 17.9 Å². The molecule has 0 bridgehead atoms. The number of amides is 2. The number of carbonyl (C=O) groups is 1. The van der Waals surface area contributed by atoms with E-state index < -0.39 is 6.10 Å². The lowest BCUT2D eigenvalue weighted by Gasteiger charge is -2.17. The SMILES string of the molecule is CC(O)c1cccc(NC(=O)N(C)C2CC2)c1. The molecule has 0 saturated heterocycles. The Morgan fingerprint density at radius 1 is 1.53 bits per heavy atom. The third-order valence-electron chi connectivity index (χ3n) is 3.04. The lowest BCUT2D eigenvalue weighted by molar-refractivity contribution is 0.199. The van der Waals surface area contributed by atoms with Crippen LogP contribution in [0.15, 0.2) is 24.3 Å². The summed E-state index contributed by atoms with van der Waals surface area (Å²) in [5, 5.41) is 12.3. The monoisotopic (exact) mass is 234 g/mol. The molecule has 4 nitrogen and oxygen atoms in total. The van der Waals surface area contributed by atoms with Gasteiger partial charge in [-0.25, -0.2) is 4.79 Å². The van der Waals surface area contributed by atoms with Gasteiger partial charge < -0.3 is 15.3 Å². The molecule has 1 fully saturated rings. The Hall–Kier alpha value is -1.55. The minimum absolute atomic E-state index is 0.0877. The molecule has 0 radical (unpaired) electrons. The summed E-state index contributed by atoms with van der Waals surface area (Å²) in [5.41, 5.74) is 1.53. The summed E-state index contributed by atoms with van der Waals surface area (Å²) in [7, 11) is 1.81. The topological polar surface area (TPSA) is 52.6 Å². The summed E-state index contributed by atoms with van der Waals surface area (Å²) in [6.45, 7) is 1.71. The average Bonchev–Trinajstić information content (AvgIpc) is 3.12. The van der Waals surface area contributed by atoms with Crippen LogP contribution in [0.1, 0.15) is 31.4 Å². The zero-order valence-corrected chi connectivity index (χ0v) is 10.2. The van der Waals surface area contributed by atoms with Crippen molar-refractivity contribution in [1.82, 2.24) is 4.90 Å². The molecule has 1 aliphatic rings. The van der Waals surface area contributed by atoms with Gasteiger partial charge in [-0.15, -0.1) is 0 Å². The standard InChI is InChI=1S/C13H18N2O2/c1-9(16)10-4-3-5-11(8-10)14-13(17)15(2)12-6-7-12/h3-5,8-9,12,16H,6-7H2,1-2H3,(H,14,17). The smallest absolute Gasteiger partial charge is 0.321 e. The number of anilines is 1. The summed E-state index contributed by atoms with van der Waals surface area (Å²) in [6.07, 6.45) is 1.67. The van der Waals surface area contributed by atoms with E-state index in [1.807, 2.05) is 25.2 Å². The number of aliphatic hydroxyl groups excluding tert-OH is 1. The lowest BCUT2D eigenvalue weighted by Crippen LogP contribution is -2.33. The molecule has 1 saturated carbocycles. The second kappa shape index (κ2) is 4.75. The van der Waals surface area contributed by atoms with Crippen LogP contribution in [0.4, 0.5) is 10.5 Å². The normalized spacial score (nSPS) is 16.4. The van der Waals surface area contributed by atoms with Gasteiger partial charge in [0.15, 0.2) is 0 Å². The molecule has 0 aliphatic heterocycles. The maximum atomic E-state index is 11.8. The van der Waals surface area contributed by atoms with Gasteiger partial charge in [-0.1, -0.05) is 12.1 Å². The van der Waals surface area contributed by atoms with Gasteiger partial charge >= 0.3 is 6.03 Å². The van der Waals surface area contributed by atoms with Gasteiger partial charge in [0.25, 0.3) is 0 Å². The van der Waals surface area contributed by atoms with Gasteiger partial charge in [0.1, 0.15) is 0 Å². The predicted octanol–water partition coefficient (Wildman–Crippen LogP) is 2.37. The van der Waals surface area contributed by atoms with Gasteiger partial charge in [-0.2, -0.15) is 0 Å². The van der Waals surface area contributed by atoms with Crippen LogP contribution in [0, 0.1) is 0 Å². The van der Waals surface area contributed by atoms with Crippen molar-refractivity contribution >= 4 is 11.7 Å². The Balaban J connectivity index is 2.02. The van der Waals surface area contributed by atoms with Crippen molar-refractivity contribution in [2.75, 3.05) is 12.4 Å². The van der Waals surface area contributed by atoms with E-state index in [-0.39, 0.29) is 6.03 Å². The Labute approximate surface area is 101 Å². The van der Waals surface area contributed by atoms with E-state index >= 15 is 0 Å². The zero-order chi connectivity index (χ0) is 12.4. The van der Waals surface area contributed by atoms with E-state index in [0.29, 0.717) is 6.04 Å². The summed E-state index contributed by atoms with van der Waals surface area (Å²) >= 11 is 0. The molecule has 1 aliphatic carbocycles. The predicted molar refractivity (Wildman–Crippen MR) is 66.9 cm³/mol. The number of aliphatic hydroxyl groups is 1. The quantitative estimate of drug-likeness (QED) is 0.843. The van der Waals surface area contributed by atoms with Crippen molar-refractivity contribution in [1.29, 1.82) is 0 Å². The minimum atomic E-state index is -0.520. The van der Waals surface area contributed by atoms with Crippen molar-refractivity contribution in [3.8, 4) is 0 Å². The molecule has 2 N–H and O–H groups in total.